The summed E-state index contributed by atoms with van der Waals surface area (Å²) in [6.07, 6.45) is 5.59. The topological polar surface area (TPSA) is 106 Å². The van der Waals surface area contributed by atoms with Crippen molar-refractivity contribution < 1.29 is 31.1 Å². The predicted octanol–water partition coefficient (Wildman–Crippen LogP) is 4.71. The number of hydrogen-bond donors (Lipinski definition) is 1. The number of amides is 1. The number of nitrogens with one attached hydrogen (secondary N) is 1. The molecule has 0 aromatic carbocycles. The number of nitrogens with zero attached hydrogens (tertiary/aromatic N) is 4. The highest BCUT2D eigenvalue weighted by Crippen LogP contribution is 2.38. The SMILES string of the molecule is CC1C=C=C(OC2=C(Cl)CC(C)(Nc3ncnc4ccn(CCN(C)C(=O)CS(C)(=O)=O)c34)C=C2)C=C1C(F)(F)F. The lowest BCUT2D eigenvalue weighted by Gasteiger charge is -2.32. The van der Waals surface area contributed by atoms with Gasteiger partial charge in [0.05, 0.1) is 16.1 Å². The van der Waals surface area contributed by atoms with Gasteiger partial charge >= 0.3 is 6.18 Å². The Kier molecular flexibility index (Phi) is 8.45. The van der Waals surface area contributed by atoms with Crippen LogP contribution in [0.15, 0.2) is 70.7 Å². The number of anilines is 1. The molecule has 2 aliphatic rings. The van der Waals surface area contributed by atoms with E-state index in [0.29, 0.717) is 28.4 Å². The fraction of sp³-hybridized carbons (Fsp3) is 0.407. The summed E-state index contributed by atoms with van der Waals surface area (Å²) in [5, 5.41) is 3.67. The van der Waals surface area contributed by atoms with Crippen molar-refractivity contribution in [2.75, 3.05) is 30.9 Å². The molecule has 0 spiro atoms. The Morgan fingerprint density at radius 3 is 2.76 bits per heavy atom. The van der Waals surface area contributed by atoms with Gasteiger partial charge in [-0.25, -0.2) is 18.4 Å². The molecule has 9 nitrogen and oxygen atoms in total. The van der Waals surface area contributed by atoms with Gasteiger partial charge in [-0.2, -0.15) is 13.2 Å². The lowest BCUT2D eigenvalue weighted by molar-refractivity contribution is -0.127. The second-order valence-corrected chi connectivity index (χ2v) is 12.9. The van der Waals surface area contributed by atoms with Crippen LogP contribution in [-0.4, -0.2) is 71.1 Å². The maximum atomic E-state index is 13.3. The molecule has 0 radical (unpaired) electrons. The summed E-state index contributed by atoms with van der Waals surface area (Å²) in [4.78, 5) is 22.3. The van der Waals surface area contributed by atoms with Crippen LogP contribution in [0.4, 0.5) is 19.0 Å². The van der Waals surface area contributed by atoms with Crippen molar-refractivity contribution in [1.82, 2.24) is 19.4 Å². The zero-order valence-corrected chi connectivity index (χ0v) is 24.4. The first-order valence-electron chi connectivity index (χ1n) is 12.6. The summed E-state index contributed by atoms with van der Waals surface area (Å²) in [6, 6.07) is 1.80. The van der Waals surface area contributed by atoms with E-state index in [0.717, 1.165) is 12.3 Å². The van der Waals surface area contributed by atoms with Crippen LogP contribution in [0.3, 0.4) is 0 Å². The highest BCUT2D eigenvalue weighted by molar-refractivity contribution is 7.91. The summed E-state index contributed by atoms with van der Waals surface area (Å²) >= 11 is 6.55. The number of sulfone groups is 1. The van der Waals surface area contributed by atoms with Crippen molar-refractivity contribution in [1.29, 1.82) is 0 Å². The minimum absolute atomic E-state index is 0.0832. The molecule has 2 unspecified atom stereocenters. The Morgan fingerprint density at radius 1 is 1.37 bits per heavy atom. The van der Waals surface area contributed by atoms with Gasteiger partial charge in [-0.15, -0.1) is 0 Å². The molecule has 0 aliphatic heterocycles. The van der Waals surface area contributed by atoms with Crippen molar-refractivity contribution in [3.8, 4) is 0 Å². The molecule has 2 atom stereocenters. The van der Waals surface area contributed by atoms with E-state index >= 15 is 0 Å². The zero-order chi connectivity index (χ0) is 30.2. The average molecular weight is 612 g/mol. The number of ether oxygens (including phenoxy) is 1. The van der Waals surface area contributed by atoms with E-state index in [2.05, 4.69) is 21.0 Å². The third-order valence-corrected chi connectivity index (χ3v) is 7.73. The molecule has 220 valence electrons. The van der Waals surface area contributed by atoms with Crippen LogP contribution in [0, 0.1) is 5.92 Å². The van der Waals surface area contributed by atoms with Crippen LogP contribution in [0.2, 0.25) is 0 Å². The van der Waals surface area contributed by atoms with Crippen molar-refractivity contribution in [2.45, 2.75) is 38.5 Å². The van der Waals surface area contributed by atoms with Crippen LogP contribution >= 0.6 is 11.6 Å². The number of halogens is 4. The van der Waals surface area contributed by atoms with Gasteiger partial charge in [-0.1, -0.05) is 30.3 Å². The maximum absolute atomic E-state index is 13.3. The molecule has 0 saturated carbocycles. The number of aromatic nitrogens is 3. The lowest BCUT2D eigenvalue weighted by atomic mass is 9.92. The highest BCUT2D eigenvalue weighted by atomic mass is 35.5. The van der Waals surface area contributed by atoms with Crippen molar-refractivity contribution >= 4 is 44.2 Å². The fourth-order valence-electron chi connectivity index (χ4n) is 4.42. The number of rotatable bonds is 9. The second kappa shape index (κ2) is 11.4. The van der Waals surface area contributed by atoms with Gasteiger partial charge in [-0.05, 0) is 31.2 Å². The Hall–Kier alpha value is -3.54. The number of carbonyl (C=O) groups excluding carboxylic acids is 1. The molecule has 2 aromatic heterocycles. The predicted molar refractivity (Wildman–Crippen MR) is 150 cm³/mol. The number of fused-ring (bicyclic) bond motifs is 1. The van der Waals surface area contributed by atoms with Crippen molar-refractivity contribution in [2.24, 2.45) is 5.92 Å². The van der Waals surface area contributed by atoms with Crippen LogP contribution in [0.5, 0.6) is 0 Å². The molecule has 0 fully saturated rings. The van der Waals surface area contributed by atoms with Gasteiger partial charge in [0, 0.05) is 50.5 Å². The number of allylic oxidation sites excluding steroid dienone is 3. The van der Waals surface area contributed by atoms with Crippen molar-refractivity contribution in [3.05, 3.63) is 70.7 Å². The first-order chi connectivity index (χ1) is 19.0. The van der Waals surface area contributed by atoms with E-state index in [1.807, 2.05) is 11.5 Å². The summed E-state index contributed by atoms with van der Waals surface area (Å²) in [6.45, 7) is 3.93. The third kappa shape index (κ3) is 7.41. The average Bonchev–Trinajstić information content (AvgIpc) is 3.28. The molecular formula is C27H29ClF3N5O4S. The van der Waals surface area contributed by atoms with Gasteiger partial charge in [0.25, 0.3) is 0 Å². The smallest absolute Gasteiger partial charge is 0.413 e. The van der Waals surface area contributed by atoms with E-state index < -0.39 is 44.7 Å². The first-order valence-corrected chi connectivity index (χ1v) is 15.0. The van der Waals surface area contributed by atoms with Crippen LogP contribution < -0.4 is 5.32 Å². The first kappa shape index (κ1) is 30.4. The van der Waals surface area contributed by atoms with Gasteiger partial charge in [0.2, 0.25) is 5.91 Å². The molecule has 0 bridgehead atoms. The minimum Gasteiger partial charge on any atom is -0.448 e. The molecule has 1 amide bonds. The molecule has 2 aromatic rings. The summed E-state index contributed by atoms with van der Waals surface area (Å²) in [5.41, 5.74) is 2.60. The van der Waals surface area contributed by atoms with Crippen LogP contribution in [-0.2, 0) is 25.9 Å². The number of carbonyl (C=O) groups is 1. The van der Waals surface area contributed by atoms with Crippen LogP contribution in [0.1, 0.15) is 20.3 Å². The van der Waals surface area contributed by atoms with E-state index in [4.69, 9.17) is 16.3 Å². The molecule has 2 aliphatic carbocycles. The zero-order valence-electron chi connectivity index (χ0n) is 22.8. The monoisotopic (exact) mass is 611 g/mol. The molecule has 2 heterocycles. The normalized spacial score (nSPS) is 21.1. The number of likely N-dealkylation sites (N-methyl/N-ethyl adjacent to an activating group) is 1. The van der Waals surface area contributed by atoms with Gasteiger partial charge in [-0.3, -0.25) is 4.79 Å². The lowest BCUT2D eigenvalue weighted by Crippen LogP contribution is -2.35. The maximum Gasteiger partial charge on any atom is 0.413 e. The molecule has 14 heteroatoms. The minimum atomic E-state index is -4.49. The van der Waals surface area contributed by atoms with Gasteiger partial charge in [0.1, 0.15) is 23.4 Å². The Morgan fingerprint density at radius 2 is 2.10 bits per heavy atom. The largest absolute Gasteiger partial charge is 0.448 e. The molecular weight excluding hydrogens is 583 g/mol. The molecule has 41 heavy (non-hydrogen) atoms. The third-order valence-electron chi connectivity index (χ3n) is 6.63. The second-order valence-electron chi connectivity index (χ2n) is 10.3. The van der Waals surface area contributed by atoms with E-state index in [9.17, 15) is 26.4 Å². The van der Waals surface area contributed by atoms with Gasteiger partial charge < -0.3 is 19.5 Å². The molecule has 1 N–H and O–H groups in total. The van der Waals surface area contributed by atoms with E-state index in [-0.39, 0.29) is 24.5 Å². The molecule has 4 rings (SSSR count). The van der Waals surface area contributed by atoms with E-state index in [1.54, 1.807) is 24.4 Å². The number of alkyl halides is 3. The Labute approximate surface area is 240 Å². The highest BCUT2D eigenvalue weighted by Gasteiger charge is 2.37. The fourth-order valence-corrected chi connectivity index (χ4v) is 5.47. The Bertz CT molecular complexity index is 1640. The number of hydrogen-bond acceptors (Lipinski definition) is 7. The standard InChI is InChI=1S/C27H29ClF3N5O4S/c1-17-5-6-18(13-19(17)27(29,30)31)40-22-7-9-26(2,14-20(22)28)34-25-24-21(32-16-33-25)8-10-36(24)12-11-35(3)23(37)15-41(4,38)39/h5,7-10,13,16-17H,11-12,14-15H2,1-4H3,(H,32,33,34). The summed E-state index contributed by atoms with van der Waals surface area (Å²) < 4.78 is 70.5. The summed E-state index contributed by atoms with van der Waals surface area (Å²) in [5.74, 6) is -1.28. The van der Waals surface area contributed by atoms with Gasteiger partial charge in [0.15, 0.2) is 21.4 Å². The Balaban J connectivity index is 1.49. The van der Waals surface area contributed by atoms with E-state index in [1.165, 1.54) is 31.3 Å². The quantitative estimate of drug-likeness (QED) is 0.409. The van der Waals surface area contributed by atoms with Crippen molar-refractivity contribution in [3.63, 3.8) is 0 Å². The van der Waals surface area contributed by atoms with Crippen LogP contribution in [0.25, 0.3) is 11.0 Å². The summed E-state index contributed by atoms with van der Waals surface area (Å²) in [7, 11) is -1.91. The molecule has 0 saturated heterocycles.